The van der Waals surface area contributed by atoms with E-state index in [-0.39, 0.29) is 5.91 Å². The first kappa shape index (κ1) is 17.5. The molecular weight excluding hydrogens is 360 g/mol. The van der Waals surface area contributed by atoms with Crippen LogP contribution in [0.1, 0.15) is 15.9 Å². The molecule has 3 aromatic rings. The van der Waals surface area contributed by atoms with Crippen molar-refractivity contribution in [1.82, 2.24) is 4.57 Å². The van der Waals surface area contributed by atoms with Gasteiger partial charge in [-0.2, -0.15) is 4.99 Å². The minimum absolute atomic E-state index is 0.367. The molecular formula is C18H17ClN2O3S. The van der Waals surface area contributed by atoms with Crippen molar-refractivity contribution in [3.8, 4) is 11.5 Å². The molecule has 0 spiro atoms. The van der Waals surface area contributed by atoms with Crippen LogP contribution in [0, 0.1) is 6.92 Å². The van der Waals surface area contributed by atoms with Crippen LogP contribution in [-0.2, 0) is 7.05 Å². The van der Waals surface area contributed by atoms with Crippen molar-refractivity contribution in [2.24, 2.45) is 12.0 Å². The fourth-order valence-corrected chi connectivity index (χ4v) is 3.96. The van der Waals surface area contributed by atoms with Crippen molar-refractivity contribution in [2.75, 3.05) is 14.2 Å². The van der Waals surface area contributed by atoms with Crippen molar-refractivity contribution in [3.05, 3.63) is 51.3 Å². The molecule has 3 rings (SSSR count). The molecule has 0 unspecified atom stereocenters. The van der Waals surface area contributed by atoms with Gasteiger partial charge < -0.3 is 14.0 Å². The van der Waals surface area contributed by atoms with Gasteiger partial charge in [0.1, 0.15) is 11.5 Å². The predicted molar refractivity (Wildman–Crippen MR) is 100.0 cm³/mol. The third-order valence-electron chi connectivity index (χ3n) is 3.90. The molecule has 1 amide bonds. The van der Waals surface area contributed by atoms with Crippen LogP contribution >= 0.6 is 22.9 Å². The van der Waals surface area contributed by atoms with Gasteiger partial charge in [-0.25, -0.2) is 0 Å². The molecule has 0 aliphatic carbocycles. The van der Waals surface area contributed by atoms with E-state index in [1.54, 1.807) is 18.2 Å². The number of carbonyl (C=O) groups is 1. The second-order valence-corrected chi connectivity index (χ2v) is 6.89. The highest BCUT2D eigenvalue weighted by Gasteiger charge is 2.13. The average molecular weight is 377 g/mol. The summed E-state index contributed by atoms with van der Waals surface area (Å²) in [6.07, 6.45) is 0. The molecule has 0 saturated heterocycles. The molecule has 1 aromatic heterocycles. The zero-order valence-corrected chi connectivity index (χ0v) is 15.9. The summed E-state index contributed by atoms with van der Waals surface area (Å²) in [4.78, 5) is 17.5. The van der Waals surface area contributed by atoms with E-state index in [0.717, 1.165) is 15.8 Å². The number of hydrogen-bond acceptors (Lipinski definition) is 4. The van der Waals surface area contributed by atoms with Crippen LogP contribution in [-0.4, -0.2) is 24.7 Å². The summed E-state index contributed by atoms with van der Waals surface area (Å²) in [6.45, 7) is 2.00. The lowest BCUT2D eigenvalue weighted by atomic mass is 10.2. The molecule has 0 fully saturated rings. The van der Waals surface area contributed by atoms with E-state index < -0.39 is 0 Å². The normalized spacial score (nSPS) is 11.8. The highest BCUT2D eigenvalue weighted by Crippen LogP contribution is 2.28. The number of hydrogen-bond donors (Lipinski definition) is 0. The summed E-state index contributed by atoms with van der Waals surface area (Å²) in [5.41, 5.74) is 2.46. The maximum Gasteiger partial charge on any atom is 0.279 e. The molecule has 0 aliphatic heterocycles. The Morgan fingerprint density at radius 2 is 1.80 bits per heavy atom. The summed E-state index contributed by atoms with van der Waals surface area (Å²) in [5.74, 6) is 0.711. The van der Waals surface area contributed by atoms with E-state index in [1.807, 2.05) is 30.7 Å². The van der Waals surface area contributed by atoms with Gasteiger partial charge in [0.05, 0.1) is 29.5 Å². The quantitative estimate of drug-likeness (QED) is 0.695. The van der Waals surface area contributed by atoms with Crippen molar-refractivity contribution in [3.63, 3.8) is 0 Å². The number of rotatable bonds is 3. The Hall–Kier alpha value is -2.31. The fraction of sp³-hybridized carbons (Fsp3) is 0.222. The number of amides is 1. The van der Waals surface area contributed by atoms with Gasteiger partial charge in [-0.15, -0.1) is 0 Å². The lowest BCUT2D eigenvalue weighted by Crippen LogP contribution is -2.13. The van der Waals surface area contributed by atoms with Crippen LogP contribution in [0.2, 0.25) is 5.02 Å². The molecule has 0 atom stereocenters. The molecule has 0 N–H and O–H groups in total. The zero-order valence-electron chi connectivity index (χ0n) is 14.3. The molecule has 1 heterocycles. The number of carbonyl (C=O) groups excluding carboxylic acids is 1. The van der Waals surface area contributed by atoms with Gasteiger partial charge in [0.25, 0.3) is 5.91 Å². The van der Waals surface area contributed by atoms with Gasteiger partial charge in [-0.05, 0) is 30.7 Å². The Morgan fingerprint density at radius 3 is 2.36 bits per heavy atom. The van der Waals surface area contributed by atoms with Crippen LogP contribution in [0.3, 0.4) is 0 Å². The minimum atomic E-state index is -0.367. The number of halogens is 1. The molecule has 0 saturated carbocycles. The van der Waals surface area contributed by atoms with E-state index in [9.17, 15) is 4.79 Å². The summed E-state index contributed by atoms with van der Waals surface area (Å²) in [6, 6.07) is 8.79. The molecule has 2 aromatic carbocycles. The fourth-order valence-electron chi connectivity index (χ4n) is 2.59. The molecule has 25 heavy (non-hydrogen) atoms. The third kappa shape index (κ3) is 3.27. The van der Waals surface area contributed by atoms with Gasteiger partial charge in [0.15, 0.2) is 4.80 Å². The zero-order chi connectivity index (χ0) is 18.1. The maximum absolute atomic E-state index is 12.6. The summed E-state index contributed by atoms with van der Waals surface area (Å²) in [5, 5.41) is 0.651. The highest BCUT2D eigenvalue weighted by molar-refractivity contribution is 7.17. The van der Waals surface area contributed by atoms with Crippen LogP contribution in [0.25, 0.3) is 10.2 Å². The van der Waals surface area contributed by atoms with Gasteiger partial charge >= 0.3 is 0 Å². The number of thiazole rings is 1. The van der Waals surface area contributed by atoms with E-state index in [2.05, 4.69) is 4.99 Å². The molecule has 130 valence electrons. The van der Waals surface area contributed by atoms with Crippen molar-refractivity contribution in [1.29, 1.82) is 0 Å². The predicted octanol–water partition coefficient (Wildman–Crippen LogP) is 3.96. The first-order valence-corrected chi connectivity index (χ1v) is 8.70. The van der Waals surface area contributed by atoms with Crippen LogP contribution in [0.15, 0.2) is 35.3 Å². The van der Waals surface area contributed by atoms with Gasteiger partial charge in [0, 0.05) is 18.7 Å². The van der Waals surface area contributed by atoms with Crippen molar-refractivity contribution >= 4 is 39.1 Å². The second-order valence-electron chi connectivity index (χ2n) is 5.50. The Balaban J connectivity index is 2.14. The summed E-state index contributed by atoms with van der Waals surface area (Å²) < 4.78 is 13.2. The van der Waals surface area contributed by atoms with Crippen molar-refractivity contribution in [2.45, 2.75) is 6.92 Å². The standard InChI is InChI=1S/C18H17ClN2O3S/c1-10-5-6-14(19)16-15(10)21(2)18(25-16)20-17(22)11-7-12(23-3)9-13(8-11)24-4/h5-9H,1-4H3. The first-order valence-electron chi connectivity index (χ1n) is 7.51. The number of aryl methyl sites for hydroxylation is 2. The first-order chi connectivity index (χ1) is 11.9. The van der Waals surface area contributed by atoms with Gasteiger partial charge in [-0.1, -0.05) is 29.0 Å². The van der Waals surface area contributed by atoms with E-state index in [1.165, 1.54) is 25.6 Å². The van der Waals surface area contributed by atoms with E-state index in [0.29, 0.717) is 26.9 Å². The monoisotopic (exact) mass is 376 g/mol. The second kappa shape index (κ2) is 6.90. The van der Waals surface area contributed by atoms with E-state index >= 15 is 0 Å². The number of nitrogens with zero attached hydrogens (tertiary/aromatic N) is 2. The Kier molecular flexibility index (Phi) is 4.83. The Morgan fingerprint density at radius 1 is 1.16 bits per heavy atom. The largest absolute Gasteiger partial charge is 0.497 e. The van der Waals surface area contributed by atoms with Gasteiger partial charge in [0.2, 0.25) is 0 Å². The van der Waals surface area contributed by atoms with Crippen LogP contribution in [0.5, 0.6) is 11.5 Å². The Labute approximate surface area is 154 Å². The number of aromatic nitrogens is 1. The van der Waals surface area contributed by atoms with Crippen LogP contribution in [0.4, 0.5) is 0 Å². The summed E-state index contributed by atoms with van der Waals surface area (Å²) >= 11 is 7.67. The SMILES string of the molecule is COc1cc(OC)cc(C(=O)N=c2sc3c(Cl)ccc(C)c3n2C)c1. The molecule has 5 nitrogen and oxygen atoms in total. The Bertz CT molecular complexity index is 1010. The van der Waals surface area contributed by atoms with Crippen LogP contribution < -0.4 is 14.3 Å². The van der Waals surface area contributed by atoms with Crippen molar-refractivity contribution < 1.29 is 14.3 Å². The lowest BCUT2D eigenvalue weighted by molar-refractivity contribution is 0.0997. The molecule has 0 bridgehead atoms. The number of methoxy groups -OCH3 is 2. The number of fused-ring (bicyclic) bond motifs is 1. The molecule has 0 radical (unpaired) electrons. The molecule has 0 aliphatic rings. The third-order valence-corrected chi connectivity index (χ3v) is 5.49. The number of ether oxygens (including phenoxy) is 2. The minimum Gasteiger partial charge on any atom is -0.497 e. The molecule has 7 heteroatoms. The topological polar surface area (TPSA) is 52.8 Å². The van der Waals surface area contributed by atoms with Gasteiger partial charge in [-0.3, -0.25) is 4.79 Å². The van der Waals surface area contributed by atoms with E-state index in [4.69, 9.17) is 21.1 Å². The number of benzene rings is 2. The lowest BCUT2D eigenvalue weighted by Gasteiger charge is -2.06. The summed E-state index contributed by atoms with van der Waals surface area (Å²) in [7, 11) is 4.95. The highest BCUT2D eigenvalue weighted by atomic mass is 35.5. The smallest absolute Gasteiger partial charge is 0.279 e. The maximum atomic E-state index is 12.6. The average Bonchev–Trinajstić information content (AvgIpc) is 2.95.